The summed E-state index contributed by atoms with van der Waals surface area (Å²) in [6.45, 7) is 4.72. The van der Waals surface area contributed by atoms with E-state index >= 15 is 0 Å². The summed E-state index contributed by atoms with van der Waals surface area (Å²) in [5, 5.41) is 8.16. The van der Waals surface area contributed by atoms with E-state index in [2.05, 4.69) is 29.8 Å². The van der Waals surface area contributed by atoms with Gasteiger partial charge in [-0.2, -0.15) is 0 Å². The van der Waals surface area contributed by atoms with Crippen LogP contribution < -0.4 is 25.4 Å². The van der Waals surface area contributed by atoms with Gasteiger partial charge in [-0.25, -0.2) is 13.6 Å². The Hall–Kier alpha value is -3.36. The first-order valence-electron chi connectivity index (χ1n) is 11.3. The molecule has 1 aliphatic heterocycles. The zero-order valence-electron chi connectivity index (χ0n) is 19.4. The predicted octanol–water partition coefficient (Wildman–Crippen LogP) is 3.58. The van der Waals surface area contributed by atoms with Crippen molar-refractivity contribution in [3.8, 4) is 11.5 Å². The number of rotatable bonds is 8. The topological polar surface area (TPSA) is 88.7 Å². The summed E-state index contributed by atoms with van der Waals surface area (Å²) in [6, 6.07) is 8.00. The summed E-state index contributed by atoms with van der Waals surface area (Å²) in [6.07, 6.45) is 1.46. The van der Waals surface area contributed by atoms with Gasteiger partial charge in [0.15, 0.2) is 0 Å². The van der Waals surface area contributed by atoms with Crippen LogP contribution in [0.5, 0.6) is 11.5 Å². The van der Waals surface area contributed by atoms with E-state index < -0.39 is 41.1 Å². The number of amides is 3. The number of hydrogen-bond donors (Lipinski definition) is 3. The summed E-state index contributed by atoms with van der Waals surface area (Å²) >= 11 is 0. The maximum absolute atomic E-state index is 14.6. The van der Waals surface area contributed by atoms with Crippen molar-refractivity contribution < 1.29 is 27.8 Å². The van der Waals surface area contributed by atoms with Gasteiger partial charge in [-0.15, -0.1) is 0 Å². The zero-order chi connectivity index (χ0) is 24.5. The van der Waals surface area contributed by atoms with Crippen molar-refractivity contribution in [3.05, 3.63) is 59.2 Å². The van der Waals surface area contributed by atoms with Gasteiger partial charge >= 0.3 is 6.03 Å². The molecule has 4 rings (SSSR count). The van der Waals surface area contributed by atoms with E-state index in [1.54, 1.807) is 0 Å². The highest BCUT2D eigenvalue weighted by Gasteiger charge is 2.47. The van der Waals surface area contributed by atoms with E-state index in [4.69, 9.17) is 9.47 Å². The lowest BCUT2D eigenvalue weighted by molar-refractivity contribution is -0.120. The largest absolute Gasteiger partial charge is 0.497 e. The Morgan fingerprint density at radius 2 is 1.88 bits per heavy atom. The molecule has 0 unspecified atom stereocenters. The fraction of sp³-hybridized carbons (Fsp3) is 0.440. The number of halogens is 2. The molecule has 34 heavy (non-hydrogen) atoms. The molecule has 9 heteroatoms. The first-order valence-corrected chi connectivity index (χ1v) is 11.3. The van der Waals surface area contributed by atoms with E-state index in [0.717, 1.165) is 36.3 Å². The standard InChI is InChI=1S/C25H29F2N3O4/c1-14(2)13-34-16-6-4-5-15(9-16)25(7-8-25)30-24(32)29-22-18(12-28-23(22)31)21-19(26)10-17(33-3)11-20(21)27/h4-6,9-11,14,18,22H,7-8,12-13H2,1-3H3,(H,28,31)(H2,29,30,32)/t18-,22-/m0/s1. The minimum atomic E-state index is -1.12. The number of nitrogens with one attached hydrogen (secondary N) is 3. The van der Waals surface area contributed by atoms with E-state index in [1.807, 2.05) is 24.3 Å². The highest BCUT2D eigenvalue weighted by atomic mass is 19.1. The number of urea groups is 1. The number of methoxy groups -OCH3 is 1. The van der Waals surface area contributed by atoms with Crippen LogP contribution in [0, 0.1) is 17.6 Å². The Morgan fingerprint density at radius 3 is 2.50 bits per heavy atom. The minimum absolute atomic E-state index is 0.00429. The molecule has 2 fully saturated rings. The quantitative estimate of drug-likeness (QED) is 0.547. The molecule has 0 spiro atoms. The lowest BCUT2D eigenvalue weighted by atomic mass is 9.92. The van der Waals surface area contributed by atoms with Crippen LogP contribution in [-0.2, 0) is 10.3 Å². The normalized spacial score (nSPS) is 20.6. The summed E-state index contributed by atoms with van der Waals surface area (Å²) in [7, 11) is 1.31. The van der Waals surface area contributed by atoms with Gasteiger partial charge in [0, 0.05) is 30.2 Å². The lowest BCUT2D eigenvalue weighted by Crippen LogP contribution is -2.50. The van der Waals surface area contributed by atoms with Crippen LogP contribution in [-0.4, -0.2) is 38.2 Å². The van der Waals surface area contributed by atoms with Gasteiger partial charge in [-0.05, 0) is 36.5 Å². The summed E-state index contributed by atoms with van der Waals surface area (Å²) in [5.41, 5.74) is 0.0758. The van der Waals surface area contributed by atoms with Crippen molar-refractivity contribution in [1.82, 2.24) is 16.0 Å². The smallest absolute Gasteiger partial charge is 0.316 e. The Kier molecular flexibility index (Phi) is 6.63. The minimum Gasteiger partial charge on any atom is -0.497 e. The summed E-state index contributed by atoms with van der Waals surface area (Å²) < 4.78 is 40.0. The van der Waals surface area contributed by atoms with Crippen LogP contribution in [0.1, 0.15) is 43.7 Å². The molecule has 2 aromatic rings. The van der Waals surface area contributed by atoms with Crippen molar-refractivity contribution in [1.29, 1.82) is 0 Å². The van der Waals surface area contributed by atoms with Gasteiger partial charge in [0.25, 0.3) is 0 Å². The average Bonchev–Trinajstić information content (AvgIpc) is 3.50. The van der Waals surface area contributed by atoms with Crippen molar-refractivity contribution in [3.63, 3.8) is 0 Å². The summed E-state index contributed by atoms with van der Waals surface area (Å²) in [4.78, 5) is 25.3. The highest BCUT2D eigenvalue weighted by molar-refractivity contribution is 5.90. The Bertz CT molecular complexity index is 1060. The fourth-order valence-corrected chi connectivity index (χ4v) is 4.24. The van der Waals surface area contributed by atoms with Gasteiger partial charge in [0.05, 0.1) is 19.3 Å². The van der Waals surface area contributed by atoms with Crippen molar-refractivity contribution >= 4 is 11.9 Å². The Balaban J connectivity index is 1.47. The van der Waals surface area contributed by atoms with Crippen molar-refractivity contribution in [2.24, 2.45) is 5.92 Å². The average molecular weight is 474 g/mol. The number of ether oxygens (including phenoxy) is 2. The molecule has 182 valence electrons. The molecule has 1 saturated carbocycles. The van der Waals surface area contributed by atoms with Crippen molar-refractivity contribution in [2.75, 3.05) is 20.3 Å². The first kappa shape index (κ1) is 23.8. The second-order valence-corrected chi connectivity index (χ2v) is 9.25. The van der Waals surface area contributed by atoms with E-state index in [9.17, 15) is 18.4 Å². The predicted molar refractivity (Wildman–Crippen MR) is 122 cm³/mol. The van der Waals surface area contributed by atoms with Gasteiger partial charge in [0.2, 0.25) is 5.91 Å². The molecule has 0 aromatic heterocycles. The Labute approximate surface area is 197 Å². The monoisotopic (exact) mass is 473 g/mol. The second-order valence-electron chi connectivity index (χ2n) is 9.25. The van der Waals surface area contributed by atoms with Crippen LogP contribution in [0.2, 0.25) is 0 Å². The SMILES string of the molecule is COc1cc(F)c([C@@H]2CNC(=O)[C@H]2NC(=O)NC2(c3cccc(OCC(C)C)c3)CC2)c(F)c1. The van der Waals surface area contributed by atoms with Crippen LogP contribution in [0.15, 0.2) is 36.4 Å². The van der Waals surface area contributed by atoms with Gasteiger partial charge in [0.1, 0.15) is 29.2 Å². The second kappa shape index (κ2) is 9.48. The molecule has 7 nitrogen and oxygen atoms in total. The van der Waals surface area contributed by atoms with Crippen LogP contribution in [0.25, 0.3) is 0 Å². The molecule has 2 aliphatic rings. The first-order chi connectivity index (χ1) is 16.2. The van der Waals surface area contributed by atoms with Gasteiger partial charge < -0.3 is 25.4 Å². The third kappa shape index (κ3) is 4.93. The number of carbonyl (C=O) groups is 2. The number of carbonyl (C=O) groups excluding carboxylic acids is 2. The molecule has 0 radical (unpaired) electrons. The van der Waals surface area contributed by atoms with Crippen LogP contribution in [0.4, 0.5) is 13.6 Å². The van der Waals surface area contributed by atoms with Gasteiger partial charge in [-0.3, -0.25) is 4.79 Å². The Morgan fingerprint density at radius 1 is 1.18 bits per heavy atom. The lowest BCUT2D eigenvalue weighted by Gasteiger charge is -2.23. The molecular formula is C25H29F2N3O4. The molecule has 1 saturated heterocycles. The molecule has 0 bridgehead atoms. The van der Waals surface area contributed by atoms with E-state index in [0.29, 0.717) is 12.5 Å². The maximum Gasteiger partial charge on any atom is 0.316 e. The molecule has 1 heterocycles. The molecule has 2 aromatic carbocycles. The molecular weight excluding hydrogens is 444 g/mol. The molecule has 3 amide bonds. The zero-order valence-corrected chi connectivity index (χ0v) is 19.4. The summed E-state index contributed by atoms with van der Waals surface area (Å²) in [5.74, 6) is -1.91. The number of benzene rings is 2. The van der Waals surface area contributed by atoms with Crippen LogP contribution >= 0.6 is 0 Å². The van der Waals surface area contributed by atoms with E-state index in [1.165, 1.54) is 7.11 Å². The van der Waals surface area contributed by atoms with Gasteiger partial charge in [-0.1, -0.05) is 26.0 Å². The number of hydrogen-bond acceptors (Lipinski definition) is 4. The maximum atomic E-state index is 14.6. The van der Waals surface area contributed by atoms with E-state index in [-0.39, 0.29) is 17.9 Å². The fourth-order valence-electron chi connectivity index (χ4n) is 4.24. The third-order valence-corrected chi connectivity index (χ3v) is 6.20. The molecule has 1 aliphatic carbocycles. The third-order valence-electron chi connectivity index (χ3n) is 6.20. The van der Waals surface area contributed by atoms with Crippen molar-refractivity contribution in [2.45, 2.75) is 44.2 Å². The van der Waals surface area contributed by atoms with Crippen LogP contribution in [0.3, 0.4) is 0 Å². The molecule has 2 atom stereocenters. The highest BCUT2D eigenvalue weighted by Crippen LogP contribution is 2.46. The molecule has 3 N–H and O–H groups in total.